The molecule has 0 saturated carbocycles. The second-order valence-electron chi connectivity index (χ2n) is 2.60. The number of thiocyanates is 1. The molecule has 0 amide bonds. The third-order valence-electron chi connectivity index (χ3n) is 1.54. The maximum Gasteiger partial charge on any atom is 0.133 e. The van der Waals surface area contributed by atoms with Crippen molar-refractivity contribution in [2.45, 2.75) is 6.42 Å². The van der Waals surface area contributed by atoms with Crippen molar-refractivity contribution in [1.29, 1.82) is 5.26 Å². The Labute approximate surface area is 92.8 Å². The third-order valence-corrected chi connectivity index (χ3v) is 2.41. The molecule has 2 nitrogen and oxygen atoms in total. The number of halogens is 1. The summed E-state index contributed by atoms with van der Waals surface area (Å²) in [7, 11) is 0. The van der Waals surface area contributed by atoms with E-state index in [-0.39, 0.29) is 0 Å². The first-order valence-corrected chi connectivity index (χ1v) is 5.58. The minimum atomic E-state index is 0.635. The summed E-state index contributed by atoms with van der Waals surface area (Å²) in [6, 6.07) is 7.25. The zero-order valence-electron chi connectivity index (χ0n) is 7.57. The molecule has 0 aliphatic heterocycles. The average Bonchev–Trinajstić information content (AvgIpc) is 2.21. The van der Waals surface area contributed by atoms with Crippen LogP contribution in [0.3, 0.4) is 0 Å². The maximum absolute atomic E-state index is 8.27. The lowest BCUT2D eigenvalue weighted by Gasteiger charge is -2.04. The van der Waals surface area contributed by atoms with Crippen molar-refractivity contribution >= 4 is 23.4 Å². The van der Waals surface area contributed by atoms with Crippen molar-refractivity contribution in [3.05, 3.63) is 29.3 Å². The van der Waals surface area contributed by atoms with E-state index in [1.54, 1.807) is 12.1 Å². The molecular formula is C10H10ClNOS. The quantitative estimate of drug-likeness (QED) is 0.572. The van der Waals surface area contributed by atoms with Crippen LogP contribution in [-0.2, 0) is 0 Å². The zero-order valence-corrected chi connectivity index (χ0v) is 9.14. The molecular weight excluding hydrogens is 218 g/mol. The fraction of sp³-hybridized carbons (Fsp3) is 0.300. The predicted octanol–water partition coefficient (Wildman–Crippen LogP) is 3.32. The normalized spacial score (nSPS) is 9.43. The highest BCUT2D eigenvalue weighted by molar-refractivity contribution is 8.03. The van der Waals surface area contributed by atoms with Crippen molar-refractivity contribution in [2.75, 3.05) is 12.4 Å². The van der Waals surface area contributed by atoms with Gasteiger partial charge < -0.3 is 4.74 Å². The van der Waals surface area contributed by atoms with Gasteiger partial charge in [0.05, 0.1) is 6.61 Å². The van der Waals surface area contributed by atoms with Gasteiger partial charge in [-0.05, 0) is 42.4 Å². The molecule has 1 rings (SSSR count). The molecule has 1 aromatic carbocycles. The van der Waals surface area contributed by atoms with Gasteiger partial charge in [-0.3, -0.25) is 0 Å². The summed E-state index contributed by atoms with van der Waals surface area (Å²) in [6.07, 6.45) is 0.876. The second-order valence-corrected chi connectivity index (χ2v) is 3.91. The first-order chi connectivity index (χ1) is 6.83. The minimum Gasteiger partial charge on any atom is -0.494 e. The molecule has 0 saturated heterocycles. The summed E-state index contributed by atoms with van der Waals surface area (Å²) in [5.41, 5.74) is 0. The number of nitriles is 1. The fourth-order valence-electron chi connectivity index (χ4n) is 0.898. The summed E-state index contributed by atoms with van der Waals surface area (Å²) >= 11 is 6.97. The van der Waals surface area contributed by atoms with Crippen LogP contribution < -0.4 is 4.74 Å². The van der Waals surface area contributed by atoms with Gasteiger partial charge in [-0.25, -0.2) is 0 Å². The topological polar surface area (TPSA) is 33.0 Å². The summed E-state index contributed by atoms with van der Waals surface area (Å²) in [5.74, 6) is 1.63. The lowest BCUT2D eigenvalue weighted by molar-refractivity contribution is 0.319. The fourth-order valence-corrected chi connectivity index (χ4v) is 1.38. The van der Waals surface area contributed by atoms with E-state index in [2.05, 4.69) is 0 Å². The van der Waals surface area contributed by atoms with E-state index in [0.717, 1.165) is 17.9 Å². The Bertz CT molecular complexity index is 307. The molecule has 74 valence electrons. The van der Waals surface area contributed by atoms with E-state index in [9.17, 15) is 0 Å². The van der Waals surface area contributed by atoms with E-state index >= 15 is 0 Å². The zero-order chi connectivity index (χ0) is 10.2. The van der Waals surface area contributed by atoms with Crippen molar-refractivity contribution in [1.82, 2.24) is 0 Å². The highest BCUT2D eigenvalue weighted by atomic mass is 35.5. The number of hydrogen-bond donors (Lipinski definition) is 0. The number of ether oxygens (including phenoxy) is 1. The van der Waals surface area contributed by atoms with Crippen LogP contribution in [-0.4, -0.2) is 12.4 Å². The first kappa shape index (κ1) is 11.2. The number of thioether (sulfide) groups is 1. The Balaban J connectivity index is 2.19. The van der Waals surface area contributed by atoms with Crippen LogP contribution in [0.1, 0.15) is 6.42 Å². The van der Waals surface area contributed by atoms with Crippen LogP contribution in [0.25, 0.3) is 0 Å². The van der Waals surface area contributed by atoms with E-state index in [0.29, 0.717) is 11.6 Å². The van der Waals surface area contributed by atoms with Gasteiger partial charge in [-0.1, -0.05) is 11.6 Å². The number of benzene rings is 1. The molecule has 1 aromatic rings. The molecule has 14 heavy (non-hydrogen) atoms. The summed E-state index contributed by atoms with van der Waals surface area (Å²) < 4.78 is 5.43. The molecule has 0 bridgehead atoms. The number of rotatable bonds is 5. The van der Waals surface area contributed by atoms with Crippen LogP contribution in [0, 0.1) is 10.7 Å². The van der Waals surface area contributed by atoms with Gasteiger partial charge in [0.2, 0.25) is 0 Å². The van der Waals surface area contributed by atoms with Crippen molar-refractivity contribution in [2.24, 2.45) is 0 Å². The maximum atomic E-state index is 8.27. The first-order valence-electron chi connectivity index (χ1n) is 4.22. The van der Waals surface area contributed by atoms with Crippen LogP contribution in [0.5, 0.6) is 5.75 Å². The smallest absolute Gasteiger partial charge is 0.133 e. The SMILES string of the molecule is N#CSCCCOc1ccc(Cl)cc1. The van der Waals surface area contributed by atoms with E-state index in [1.807, 2.05) is 17.5 Å². The molecule has 4 heteroatoms. The highest BCUT2D eigenvalue weighted by Gasteiger charge is 1.93. The van der Waals surface area contributed by atoms with Crippen LogP contribution in [0.4, 0.5) is 0 Å². The van der Waals surface area contributed by atoms with E-state index < -0.39 is 0 Å². The molecule has 0 unspecified atom stereocenters. The molecule has 0 aliphatic rings. The molecule has 0 N–H and O–H groups in total. The Kier molecular flexibility index (Phi) is 5.28. The van der Waals surface area contributed by atoms with Crippen LogP contribution in [0.15, 0.2) is 24.3 Å². The largest absolute Gasteiger partial charge is 0.494 e. The van der Waals surface area contributed by atoms with Gasteiger partial charge in [0.25, 0.3) is 0 Å². The molecule has 0 aromatic heterocycles. The average molecular weight is 228 g/mol. The summed E-state index contributed by atoms with van der Waals surface area (Å²) in [4.78, 5) is 0. The number of nitrogens with zero attached hydrogens (tertiary/aromatic N) is 1. The monoisotopic (exact) mass is 227 g/mol. The van der Waals surface area contributed by atoms with Gasteiger partial charge in [-0.2, -0.15) is 5.26 Å². The third kappa shape index (κ3) is 4.40. The Morgan fingerprint density at radius 1 is 1.36 bits per heavy atom. The summed E-state index contributed by atoms with van der Waals surface area (Å²) in [6.45, 7) is 0.635. The van der Waals surface area contributed by atoms with Crippen LogP contribution in [0.2, 0.25) is 5.02 Å². The Morgan fingerprint density at radius 3 is 2.71 bits per heavy atom. The Hall–Kier alpha value is -0.850. The molecule has 0 atom stereocenters. The van der Waals surface area contributed by atoms with Gasteiger partial charge in [0.1, 0.15) is 11.2 Å². The van der Waals surface area contributed by atoms with Crippen molar-refractivity contribution in [3.63, 3.8) is 0 Å². The molecule has 0 heterocycles. The van der Waals surface area contributed by atoms with Gasteiger partial charge >= 0.3 is 0 Å². The van der Waals surface area contributed by atoms with Crippen molar-refractivity contribution in [3.8, 4) is 11.2 Å². The van der Waals surface area contributed by atoms with Crippen molar-refractivity contribution < 1.29 is 4.74 Å². The van der Waals surface area contributed by atoms with Gasteiger partial charge in [0.15, 0.2) is 0 Å². The van der Waals surface area contributed by atoms with Gasteiger partial charge in [0, 0.05) is 10.8 Å². The van der Waals surface area contributed by atoms with Gasteiger partial charge in [-0.15, -0.1) is 0 Å². The predicted molar refractivity (Wildman–Crippen MR) is 59.6 cm³/mol. The Morgan fingerprint density at radius 2 is 2.07 bits per heavy atom. The van der Waals surface area contributed by atoms with Crippen LogP contribution >= 0.6 is 23.4 Å². The summed E-state index contributed by atoms with van der Waals surface area (Å²) in [5, 5.41) is 11.0. The highest BCUT2D eigenvalue weighted by Crippen LogP contribution is 2.15. The molecule has 0 fully saturated rings. The molecule has 0 aliphatic carbocycles. The minimum absolute atomic E-state index is 0.635. The molecule has 0 radical (unpaired) electrons. The van der Waals surface area contributed by atoms with E-state index in [1.165, 1.54) is 11.8 Å². The number of hydrogen-bond acceptors (Lipinski definition) is 3. The van der Waals surface area contributed by atoms with E-state index in [4.69, 9.17) is 21.6 Å². The molecule has 0 spiro atoms. The lowest BCUT2D eigenvalue weighted by atomic mass is 10.3. The second kappa shape index (κ2) is 6.58. The lowest BCUT2D eigenvalue weighted by Crippen LogP contribution is -1.97. The standard InChI is InChI=1S/C10H10ClNOS/c11-9-2-4-10(5-3-9)13-6-1-7-14-8-12/h2-5H,1,6-7H2.